The summed E-state index contributed by atoms with van der Waals surface area (Å²) >= 11 is 0. The average Bonchev–Trinajstić information content (AvgIpc) is 2.55. The molecule has 0 bridgehead atoms. The van der Waals surface area contributed by atoms with Crippen molar-refractivity contribution in [1.82, 2.24) is 0 Å². The number of methoxy groups -OCH3 is 2. The van der Waals surface area contributed by atoms with E-state index in [1.165, 1.54) is 0 Å². The van der Waals surface area contributed by atoms with Gasteiger partial charge in [0.15, 0.2) is 6.29 Å². The maximum Gasteiger partial charge on any atom is 0.183 e. The van der Waals surface area contributed by atoms with Crippen LogP contribution in [-0.2, 0) is 19.0 Å². The van der Waals surface area contributed by atoms with E-state index in [-0.39, 0.29) is 18.5 Å². The van der Waals surface area contributed by atoms with E-state index >= 15 is 0 Å². The number of hydrogen-bond donors (Lipinski definition) is 0. The molecule has 1 heterocycles. The van der Waals surface area contributed by atoms with Gasteiger partial charge < -0.3 is 19.0 Å². The Morgan fingerprint density at radius 1 is 1.42 bits per heavy atom. The van der Waals surface area contributed by atoms with E-state index in [0.29, 0.717) is 0 Å². The number of rotatable bonds is 4. The first-order valence-corrected chi connectivity index (χ1v) is 3.98. The molecule has 0 N–H and O–H groups in total. The summed E-state index contributed by atoms with van der Waals surface area (Å²) < 4.78 is 15.4. The van der Waals surface area contributed by atoms with Gasteiger partial charge in [-0.15, -0.1) is 0 Å². The summed E-state index contributed by atoms with van der Waals surface area (Å²) in [6.45, 7) is 0. The second-order valence-electron chi connectivity index (χ2n) is 2.77. The van der Waals surface area contributed by atoms with Gasteiger partial charge in [0.2, 0.25) is 0 Å². The number of carbonyl (C=O) groups excluding carboxylic acids is 1. The van der Waals surface area contributed by atoms with E-state index in [0.717, 1.165) is 19.1 Å². The lowest BCUT2D eigenvalue weighted by molar-refractivity contribution is -0.175. The fourth-order valence-corrected chi connectivity index (χ4v) is 1.39. The maximum atomic E-state index is 10.3. The van der Waals surface area contributed by atoms with E-state index < -0.39 is 0 Å². The quantitative estimate of drug-likeness (QED) is 0.455. The van der Waals surface area contributed by atoms with Crippen molar-refractivity contribution in [2.75, 3.05) is 14.2 Å². The smallest absolute Gasteiger partial charge is 0.183 e. The fraction of sp³-hybridized carbons (Fsp3) is 0.875. The molecule has 0 saturated carbocycles. The van der Waals surface area contributed by atoms with Crippen LogP contribution in [0.5, 0.6) is 0 Å². The SMILES string of the molecule is COC(OC)[C@H]1CC[C@@H](C=O)O1. The Morgan fingerprint density at radius 3 is 2.50 bits per heavy atom. The lowest BCUT2D eigenvalue weighted by Gasteiger charge is -2.19. The van der Waals surface area contributed by atoms with Gasteiger partial charge in [0.05, 0.1) is 0 Å². The first-order valence-electron chi connectivity index (χ1n) is 3.98. The van der Waals surface area contributed by atoms with Gasteiger partial charge in [-0.3, -0.25) is 0 Å². The van der Waals surface area contributed by atoms with Gasteiger partial charge in [-0.1, -0.05) is 0 Å². The minimum Gasteiger partial charge on any atom is -0.362 e. The Hall–Kier alpha value is -0.450. The number of ether oxygens (including phenoxy) is 3. The molecule has 1 saturated heterocycles. The molecule has 12 heavy (non-hydrogen) atoms. The Labute approximate surface area is 71.8 Å². The molecule has 0 amide bonds. The van der Waals surface area contributed by atoms with Crippen LogP contribution in [0.2, 0.25) is 0 Å². The average molecular weight is 174 g/mol. The van der Waals surface area contributed by atoms with Gasteiger partial charge in [-0.25, -0.2) is 0 Å². The topological polar surface area (TPSA) is 44.8 Å². The molecule has 0 aromatic carbocycles. The van der Waals surface area contributed by atoms with Crippen molar-refractivity contribution in [1.29, 1.82) is 0 Å². The molecule has 0 spiro atoms. The maximum absolute atomic E-state index is 10.3. The third-order valence-electron chi connectivity index (χ3n) is 2.01. The van der Waals surface area contributed by atoms with Gasteiger partial charge in [0, 0.05) is 14.2 Å². The van der Waals surface area contributed by atoms with Crippen molar-refractivity contribution < 1.29 is 19.0 Å². The molecular formula is C8H14O4. The molecule has 0 aliphatic carbocycles. The van der Waals surface area contributed by atoms with E-state index in [2.05, 4.69) is 0 Å². The van der Waals surface area contributed by atoms with Crippen molar-refractivity contribution in [3.63, 3.8) is 0 Å². The molecule has 1 fully saturated rings. The molecule has 4 nitrogen and oxygen atoms in total. The summed E-state index contributed by atoms with van der Waals surface area (Å²) in [5, 5.41) is 0. The largest absolute Gasteiger partial charge is 0.362 e. The highest BCUT2D eigenvalue weighted by Gasteiger charge is 2.31. The summed E-state index contributed by atoms with van der Waals surface area (Å²) in [4.78, 5) is 10.3. The van der Waals surface area contributed by atoms with Crippen LogP contribution in [0, 0.1) is 0 Å². The standard InChI is InChI=1S/C8H14O4/c1-10-8(11-2)7-4-3-6(5-9)12-7/h5-8H,3-4H2,1-2H3/t6-,7+/m0/s1. The van der Waals surface area contributed by atoms with Gasteiger partial charge in [-0.05, 0) is 12.8 Å². The zero-order valence-electron chi connectivity index (χ0n) is 7.36. The number of aldehydes is 1. The Kier molecular flexibility index (Phi) is 3.65. The van der Waals surface area contributed by atoms with E-state index in [9.17, 15) is 4.79 Å². The normalized spacial score (nSPS) is 29.6. The highest BCUT2D eigenvalue weighted by Crippen LogP contribution is 2.22. The first-order chi connectivity index (χ1) is 5.81. The van der Waals surface area contributed by atoms with E-state index in [1.807, 2.05) is 0 Å². The lowest BCUT2D eigenvalue weighted by Crippen LogP contribution is -2.30. The summed E-state index contributed by atoms with van der Waals surface area (Å²) in [7, 11) is 3.12. The van der Waals surface area contributed by atoms with Gasteiger partial charge in [-0.2, -0.15) is 0 Å². The highest BCUT2D eigenvalue weighted by molar-refractivity contribution is 5.56. The molecule has 0 aromatic rings. The predicted octanol–water partition coefficient (Wildman–Crippen LogP) is 0.352. The highest BCUT2D eigenvalue weighted by atomic mass is 16.7. The van der Waals surface area contributed by atoms with Crippen LogP contribution in [0.1, 0.15) is 12.8 Å². The summed E-state index contributed by atoms with van der Waals surface area (Å²) in [5.74, 6) is 0. The first kappa shape index (κ1) is 9.64. The third-order valence-corrected chi connectivity index (χ3v) is 2.01. The van der Waals surface area contributed by atoms with Crippen LogP contribution in [0.4, 0.5) is 0 Å². The van der Waals surface area contributed by atoms with Gasteiger partial charge >= 0.3 is 0 Å². The molecule has 4 heteroatoms. The van der Waals surface area contributed by atoms with Crippen molar-refractivity contribution in [2.45, 2.75) is 31.3 Å². The van der Waals surface area contributed by atoms with Crippen molar-refractivity contribution in [3.8, 4) is 0 Å². The van der Waals surface area contributed by atoms with Crippen LogP contribution in [-0.4, -0.2) is 39.0 Å². The third kappa shape index (κ3) is 2.03. The van der Waals surface area contributed by atoms with Gasteiger partial charge in [0.25, 0.3) is 0 Å². The minimum absolute atomic E-state index is 0.102. The van der Waals surface area contributed by atoms with E-state index in [1.54, 1.807) is 14.2 Å². The second-order valence-corrected chi connectivity index (χ2v) is 2.77. The van der Waals surface area contributed by atoms with Crippen molar-refractivity contribution in [3.05, 3.63) is 0 Å². The Bertz CT molecular complexity index is 144. The predicted molar refractivity (Wildman–Crippen MR) is 41.8 cm³/mol. The number of carbonyl (C=O) groups is 1. The van der Waals surface area contributed by atoms with Gasteiger partial charge in [0.1, 0.15) is 18.5 Å². The summed E-state index contributed by atoms with van der Waals surface area (Å²) in [6, 6.07) is 0. The zero-order valence-corrected chi connectivity index (χ0v) is 7.36. The lowest BCUT2D eigenvalue weighted by atomic mass is 10.2. The molecule has 70 valence electrons. The Morgan fingerprint density at radius 2 is 2.08 bits per heavy atom. The minimum atomic E-state index is -0.352. The molecule has 1 rings (SSSR count). The molecule has 0 aromatic heterocycles. The molecule has 2 atom stereocenters. The molecule has 0 unspecified atom stereocenters. The molecular weight excluding hydrogens is 160 g/mol. The molecule has 1 aliphatic rings. The Balaban J connectivity index is 2.38. The monoisotopic (exact) mass is 174 g/mol. The van der Waals surface area contributed by atoms with Crippen LogP contribution in [0.15, 0.2) is 0 Å². The fourth-order valence-electron chi connectivity index (χ4n) is 1.39. The van der Waals surface area contributed by atoms with E-state index in [4.69, 9.17) is 14.2 Å². The summed E-state index contributed by atoms with van der Waals surface area (Å²) in [5.41, 5.74) is 0. The second kappa shape index (κ2) is 4.54. The van der Waals surface area contributed by atoms with Crippen molar-refractivity contribution in [2.24, 2.45) is 0 Å². The van der Waals surface area contributed by atoms with Crippen LogP contribution in [0.25, 0.3) is 0 Å². The van der Waals surface area contributed by atoms with Crippen LogP contribution >= 0.6 is 0 Å². The molecule has 0 radical (unpaired) electrons. The van der Waals surface area contributed by atoms with Crippen LogP contribution in [0.3, 0.4) is 0 Å². The molecule has 1 aliphatic heterocycles. The number of hydrogen-bond acceptors (Lipinski definition) is 4. The zero-order chi connectivity index (χ0) is 8.97. The van der Waals surface area contributed by atoms with Crippen LogP contribution < -0.4 is 0 Å². The summed E-state index contributed by atoms with van der Waals surface area (Å²) in [6.07, 6.45) is 1.67. The van der Waals surface area contributed by atoms with Crippen molar-refractivity contribution >= 4 is 6.29 Å².